The van der Waals surface area contributed by atoms with Crippen molar-refractivity contribution >= 4 is 5.69 Å². The number of anilines is 1. The summed E-state index contributed by atoms with van der Waals surface area (Å²) in [7, 11) is 1.66. The number of benzene rings is 1. The Balaban J connectivity index is 1.62. The minimum atomic E-state index is -0.164. The quantitative estimate of drug-likeness (QED) is 0.795. The van der Waals surface area contributed by atoms with Gasteiger partial charge in [0.25, 0.3) is 0 Å². The molecule has 8 heteroatoms. The molecule has 0 radical (unpaired) electrons. The van der Waals surface area contributed by atoms with Crippen molar-refractivity contribution in [2.75, 3.05) is 44.8 Å². The van der Waals surface area contributed by atoms with E-state index in [-0.39, 0.29) is 11.9 Å². The van der Waals surface area contributed by atoms with Gasteiger partial charge in [-0.25, -0.2) is 9.07 Å². The molecule has 0 spiro atoms. The molecule has 24 heavy (non-hydrogen) atoms. The fourth-order valence-corrected chi connectivity index (χ4v) is 3.07. The normalized spacial score (nSPS) is 17.2. The average Bonchev–Trinajstić information content (AvgIpc) is 3.08. The van der Waals surface area contributed by atoms with Crippen LogP contribution in [0.5, 0.6) is 0 Å². The molecule has 0 saturated carbocycles. The fraction of sp³-hybridized carbons (Fsp3) is 0.562. The standard InChI is InChI=1S/C16H23FN6O/c1-13(16-18-19-20-23(16)11-12-24-2)21-7-9-22(10-8-21)15-6-4-3-5-14(15)17/h3-6,13H,7-12H2,1-2H3/t13-/m1/s1. The minimum absolute atomic E-state index is 0.111. The predicted molar refractivity (Wildman–Crippen MR) is 88.3 cm³/mol. The number of ether oxygens (including phenoxy) is 1. The maximum absolute atomic E-state index is 13.9. The van der Waals surface area contributed by atoms with Crippen molar-refractivity contribution in [3.63, 3.8) is 0 Å². The van der Waals surface area contributed by atoms with Crippen LogP contribution in [0, 0.1) is 5.82 Å². The van der Waals surface area contributed by atoms with Crippen molar-refractivity contribution in [2.24, 2.45) is 0 Å². The first-order chi connectivity index (χ1) is 11.7. The molecule has 1 aliphatic heterocycles. The van der Waals surface area contributed by atoms with Crippen LogP contribution >= 0.6 is 0 Å². The van der Waals surface area contributed by atoms with E-state index >= 15 is 0 Å². The van der Waals surface area contributed by atoms with Crippen molar-refractivity contribution in [3.05, 3.63) is 35.9 Å². The third kappa shape index (κ3) is 3.54. The summed E-state index contributed by atoms with van der Waals surface area (Å²) in [6.45, 7) is 6.56. The number of hydrogen-bond donors (Lipinski definition) is 0. The van der Waals surface area contributed by atoms with Crippen LogP contribution in [0.1, 0.15) is 18.8 Å². The van der Waals surface area contributed by atoms with Crippen molar-refractivity contribution in [3.8, 4) is 0 Å². The first kappa shape index (κ1) is 16.8. The SMILES string of the molecule is COCCn1nnnc1[C@@H](C)N1CCN(c2ccccc2F)CC1. The second-order valence-corrected chi connectivity index (χ2v) is 5.90. The summed E-state index contributed by atoms with van der Waals surface area (Å²) in [6.07, 6.45) is 0. The lowest BCUT2D eigenvalue weighted by Crippen LogP contribution is -2.47. The lowest BCUT2D eigenvalue weighted by atomic mass is 10.2. The van der Waals surface area contributed by atoms with Crippen molar-refractivity contribution in [2.45, 2.75) is 19.5 Å². The minimum Gasteiger partial charge on any atom is -0.383 e. The molecule has 130 valence electrons. The van der Waals surface area contributed by atoms with Crippen LogP contribution in [-0.2, 0) is 11.3 Å². The number of nitrogens with zero attached hydrogens (tertiary/aromatic N) is 6. The molecule has 3 rings (SSSR count). The summed E-state index contributed by atoms with van der Waals surface area (Å²) in [5.41, 5.74) is 0.676. The molecule has 1 saturated heterocycles. The zero-order valence-electron chi connectivity index (χ0n) is 14.1. The highest BCUT2D eigenvalue weighted by molar-refractivity contribution is 5.48. The second kappa shape index (κ2) is 7.67. The van der Waals surface area contributed by atoms with Gasteiger partial charge < -0.3 is 9.64 Å². The number of halogens is 1. The molecule has 0 N–H and O–H groups in total. The van der Waals surface area contributed by atoms with Gasteiger partial charge in [-0.2, -0.15) is 0 Å². The van der Waals surface area contributed by atoms with Crippen LogP contribution in [0.2, 0.25) is 0 Å². The topological polar surface area (TPSA) is 59.3 Å². The lowest BCUT2D eigenvalue weighted by Gasteiger charge is -2.38. The fourth-order valence-electron chi connectivity index (χ4n) is 3.07. The second-order valence-electron chi connectivity index (χ2n) is 5.90. The first-order valence-electron chi connectivity index (χ1n) is 8.19. The average molecular weight is 334 g/mol. The Morgan fingerprint density at radius 3 is 2.67 bits per heavy atom. The molecule has 0 amide bonds. The number of hydrogen-bond acceptors (Lipinski definition) is 6. The van der Waals surface area contributed by atoms with E-state index in [1.807, 2.05) is 12.1 Å². The summed E-state index contributed by atoms with van der Waals surface area (Å²) in [5, 5.41) is 12.0. The van der Waals surface area contributed by atoms with Gasteiger partial charge in [0.2, 0.25) is 0 Å². The molecule has 1 atom stereocenters. The number of rotatable bonds is 6. The molecule has 1 aliphatic rings. The van der Waals surface area contributed by atoms with Crippen LogP contribution in [0.15, 0.2) is 24.3 Å². The van der Waals surface area contributed by atoms with Crippen LogP contribution < -0.4 is 4.90 Å². The Labute approximate surface area is 141 Å². The van der Waals surface area contributed by atoms with Crippen LogP contribution in [-0.4, -0.2) is 65.0 Å². The molecule has 2 heterocycles. The van der Waals surface area contributed by atoms with Crippen molar-refractivity contribution in [1.29, 1.82) is 0 Å². The van der Waals surface area contributed by atoms with Crippen molar-refractivity contribution < 1.29 is 9.13 Å². The van der Waals surface area contributed by atoms with E-state index < -0.39 is 0 Å². The highest BCUT2D eigenvalue weighted by Crippen LogP contribution is 2.24. The van der Waals surface area contributed by atoms with Crippen LogP contribution in [0.25, 0.3) is 0 Å². The highest BCUT2D eigenvalue weighted by atomic mass is 19.1. The molecule has 0 unspecified atom stereocenters. The van der Waals surface area contributed by atoms with E-state index in [1.54, 1.807) is 17.9 Å². The van der Waals surface area contributed by atoms with Gasteiger partial charge in [0, 0.05) is 33.3 Å². The Kier molecular flexibility index (Phi) is 5.37. The molecule has 7 nitrogen and oxygen atoms in total. The molecule has 2 aromatic rings. The monoisotopic (exact) mass is 334 g/mol. The van der Waals surface area contributed by atoms with Gasteiger partial charge in [0.1, 0.15) is 5.82 Å². The summed E-state index contributed by atoms with van der Waals surface area (Å²) < 4.78 is 20.8. The highest BCUT2D eigenvalue weighted by Gasteiger charge is 2.26. The van der Waals surface area contributed by atoms with E-state index in [4.69, 9.17) is 4.74 Å². The Bertz CT molecular complexity index is 656. The number of para-hydroxylation sites is 1. The summed E-state index contributed by atoms with van der Waals surface area (Å²) >= 11 is 0. The van der Waals surface area contributed by atoms with Gasteiger partial charge >= 0.3 is 0 Å². The van der Waals surface area contributed by atoms with Crippen molar-refractivity contribution in [1.82, 2.24) is 25.1 Å². The molecule has 1 aromatic carbocycles. The van der Waals surface area contributed by atoms with Gasteiger partial charge in [0.15, 0.2) is 5.82 Å². The van der Waals surface area contributed by atoms with Gasteiger partial charge in [-0.1, -0.05) is 12.1 Å². The maximum Gasteiger partial charge on any atom is 0.168 e. The Morgan fingerprint density at radius 2 is 1.96 bits per heavy atom. The predicted octanol–water partition coefficient (Wildman–Crippen LogP) is 1.34. The molecular weight excluding hydrogens is 311 g/mol. The smallest absolute Gasteiger partial charge is 0.168 e. The first-order valence-corrected chi connectivity index (χ1v) is 8.19. The van der Waals surface area contributed by atoms with Crippen LogP contribution in [0.3, 0.4) is 0 Å². The van der Waals surface area contributed by atoms with E-state index in [9.17, 15) is 4.39 Å². The number of methoxy groups -OCH3 is 1. The summed E-state index contributed by atoms with van der Waals surface area (Å²) in [4.78, 5) is 4.42. The Morgan fingerprint density at radius 1 is 1.21 bits per heavy atom. The third-order valence-electron chi connectivity index (χ3n) is 4.50. The molecule has 0 bridgehead atoms. The van der Waals surface area contributed by atoms with E-state index in [0.29, 0.717) is 18.8 Å². The largest absolute Gasteiger partial charge is 0.383 e. The molecule has 1 aromatic heterocycles. The van der Waals surface area contributed by atoms with Gasteiger partial charge in [-0.3, -0.25) is 4.90 Å². The maximum atomic E-state index is 13.9. The summed E-state index contributed by atoms with van der Waals surface area (Å²) in [5.74, 6) is 0.675. The van der Waals surface area contributed by atoms with Gasteiger partial charge in [-0.05, 0) is 29.5 Å². The molecule has 1 fully saturated rings. The number of aromatic nitrogens is 4. The third-order valence-corrected chi connectivity index (χ3v) is 4.50. The lowest BCUT2D eigenvalue weighted by molar-refractivity contribution is 0.166. The molecular formula is C16H23FN6O. The molecule has 0 aliphatic carbocycles. The van der Waals surface area contributed by atoms with E-state index in [2.05, 4.69) is 32.2 Å². The summed E-state index contributed by atoms with van der Waals surface area (Å²) in [6, 6.07) is 7.04. The van der Waals surface area contributed by atoms with Crippen LogP contribution in [0.4, 0.5) is 10.1 Å². The van der Waals surface area contributed by atoms with E-state index in [1.165, 1.54) is 6.07 Å². The Hall–Kier alpha value is -2.06. The zero-order chi connectivity index (χ0) is 16.9. The number of piperazine rings is 1. The zero-order valence-corrected chi connectivity index (χ0v) is 14.1. The number of tetrazole rings is 1. The van der Waals surface area contributed by atoms with Gasteiger partial charge in [-0.15, -0.1) is 5.10 Å². The van der Waals surface area contributed by atoms with E-state index in [0.717, 1.165) is 32.0 Å². The van der Waals surface area contributed by atoms with Gasteiger partial charge in [0.05, 0.1) is 24.9 Å².